The van der Waals surface area contributed by atoms with Crippen molar-refractivity contribution < 1.29 is 14.6 Å². The molecule has 0 radical (unpaired) electrons. The molecule has 21 heavy (non-hydrogen) atoms. The van der Waals surface area contributed by atoms with Crippen LogP contribution < -0.4 is 0 Å². The number of rotatable bonds is 7. The number of hydrogen-bond donors (Lipinski definition) is 2. The average molecular weight is 296 g/mol. The van der Waals surface area contributed by atoms with E-state index >= 15 is 0 Å². The number of aliphatic hydroxyl groups is 2. The summed E-state index contributed by atoms with van der Waals surface area (Å²) < 4.78 is 12.9. The predicted molar refractivity (Wildman–Crippen MR) is 79.2 cm³/mol. The normalized spacial score (nSPS) is 19.1. The smallest absolute Gasteiger partial charge is 0.141 e. The van der Waals surface area contributed by atoms with Gasteiger partial charge in [0, 0.05) is 25.0 Å². The Bertz CT molecular complexity index is 421. The van der Waals surface area contributed by atoms with Crippen LogP contribution in [-0.4, -0.2) is 45.8 Å². The first-order chi connectivity index (χ1) is 10.1. The van der Waals surface area contributed by atoms with Gasteiger partial charge in [-0.05, 0) is 25.0 Å². The van der Waals surface area contributed by atoms with Crippen molar-refractivity contribution >= 4 is 0 Å². The van der Waals surface area contributed by atoms with Crippen molar-refractivity contribution in [2.45, 2.75) is 44.8 Å². The van der Waals surface area contributed by atoms with E-state index in [4.69, 9.17) is 0 Å². The highest BCUT2D eigenvalue weighted by molar-refractivity contribution is 5.09. The van der Waals surface area contributed by atoms with Crippen LogP contribution in [0, 0.1) is 11.7 Å². The molecule has 118 valence electrons. The third-order valence-corrected chi connectivity index (χ3v) is 4.34. The quantitative estimate of drug-likeness (QED) is 0.809. The lowest BCUT2D eigenvalue weighted by Crippen LogP contribution is -2.40. The van der Waals surface area contributed by atoms with Crippen molar-refractivity contribution in [3.63, 3.8) is 0 Å². The van der Waals surface area contributed by atoms with E-state index in [0.717, 1.165) is 19.0 Å². The standard InChI is InChI=1S/C16H25FN2O2/c1-12(16(21)15-7-6-13(17)10-18-15)11-19(8-9-20)14-4-2-3-5-14/h6-7,10,12,14,16,20-21H,2-5,8-9,11H2,1H3. The lowest BCUT2D eigenvalue weighted by molar-refractivity contribution is 0.0626. The van der Waals surface area contributed by atoms with Gasteiger partial charge in [-0.15, -0.1) is 0 Å². The van der Waals surface area contributed by atoms with Crippen LogP contribution in [0.2, 0.25) is 0 Å². The molecule has 1 aliphatic rings. The summed E-state index contributed by atoms with van der Waals surface area (Å²) in [6.07, 6.45) is 5.22. The van der Waals surface area contributed by atoms with Crippen LogP contribution in [0.15, 0.2) is 18.3 Å². The molecule has 0 amide bonds. The van der Waals surface area contributed by atoms with E-state index in [1.165, 1.54) is 25.0 Å². The molecule has 1 heterocycles. The van der Waals surface area contributed by atoms with Crippen molar-refractivity contribution in [1.82, 2.24) is 9.88 Å². The Morgan fingerprint density at radius 1 is 1.38 bits per heavy atom. The summed E-state index contributed by atoms with van der Waals surface area (Å²) in [5.41, 5.74) is 0.499. The summed E-state index contributed by atoms with van der Waals surface area (Å²) in [5.74, 6) is -0.415. The third-order valence-electron chi connectivity index (χ3n) is 4.34. The highest BCUT2D eigenvalue weighted by Gasteiger charge is 2.26. The van der Waals surface area contributed by atoms with Crippen molar-refractivity contribution in [1.29, 1.82) is 0 Å². The summed E-state index contributed by atoms with van der Waals surface area (Å²) in [6.45, 7) is 3.45. The van der Waals surface area contributed by atoms with Crippen LogP contribution in [-0.2, 0) is 0 Å². The Balaban J connectivity index is 1.96. The van der Waals surface area contributed by atoms with Crippen molar-refractivity contribution in [2.75, 3.05) is 19.7 Å². The zero-order chi connectivity index (χ0) is 15.2. The lowest BCUT2D eigenvalue weighted by Gasteiger charge is -2.32. The van der Waals surface area contributed by atoms with Gasteiger partial charge < -0.3 is 10.2 Å². The molecule has 0 aliphatic heterocycles. The average Bonchev–Trinajstić information content (AvgIpc) is 3.01. The van der Waals surface area contributed by atoms with Gasteiger partial charge in [0.05, 0.1) is 24.6 Å². The van der Waals surface area contributed by atoms with E-state index in [-0.39, 0.29) is 12.5 Å². The molecule has 1 aromatic rings. The molecule has 0 aromatic carbocycles. The summed E-state index contributed by atoms with van der Waals surface area (Å²) >= 11 is 0. The molecule has 1 fully saturated rings. The number of nitrogens with zero attached hydrogens (tertiary/aromatic N) is 2. The SMILES string of the molecule is CC(CN(CCO)C1CCCC1)C(O)c1ccc(F)cn1. The third kappa shape index (κ3) is 4.46. The molecule has 2 N–H and O–H groups in total. The van der Waals surface area contributed by atoms with Crippen molar-refractivity contribution in [3.8, 4) is 0 Å². The van der Waals surface area contributed by atoms with Gasteiger partial charge >= 0.3 is 0 Å². The molecule has 1 saturated carbocycles. The minimum absolute atomic E-state index is 0.0184. The topological polar surface area (TPSA) is 56.6 Å². The molecule has 0 spiro atoms. The van der Waals surface area contributed by atoms with Crippen LogP contribution in [0.3, 0.4) is 0 Å². The van der Waals surface area contributed by atoms with Gasteiger partial charge in [-0.25, -0.2) is 4.39 Å². The maximum absolute atomic E-state index is 12.9. The van der Waals surface area contributed by atoms with Gasteiger partial charge in [-0.1, -0.05) is 19.8 Å². The Labute approximate surface area is 125 Å². The second kappa shape index (κ2) is 7.82. The monoisotopic (exact) mass is 296 g/mol. The number of hydrogen-bond acceptors (Lipinski definition) is 4. The molecular formula is C16H25FN2O2. The number of pyridine rings is 1. The van der Waals surface area contributed by atoms with Crippen LogP contribution >= 0.6 is 0 Å². The summed E-state index contributed by atoms with van der Waals surface area (Å²) in [6, 6.07) is 3.36. The molecule has 2 atom stereocenters. The first-order valence-electron chi connectivity index (χ1n) is 7.76. The second-order valence-corrected chi connectivity index (χ2v) is 5.98. The first kappa shape index (κ1) is 16.3. The van der Waals surface area contributed by atoms with E-state index in [1.807, 2.05) is 6.92 Å². The minimum atomic E-state index is -0.715. The second-order valence-electron chi connectivity index (χ2n) is 5.98. The molecule has 2 rings (SSSR count). The van der Waals surface area contributed by atoms with E-state index in [0.29, 0.717) is 24.8 Å². The molecule has 0 saturated heterocycles. The maximum atomic E-state index is 12.9. The summed E-state index contributed by atoms with van der Waals surface area (Å²) in [4.78, 5) is 6.23. The molecule has 5 heteroatoms. The molecule has 1 aromatic heterocycles. The van der Waals surface area contributed by atoms with E-state index in [2.05, 4.69) is 9.88 Å². The van der Waals surface area contributed by atoms with Crippen LogP contribution in [0.5, 0.6) is 0 Å². The molecule has 2 unspecified atom stereocenters. The summed E-state index contributed by atoms with van der Waals surface area (Å²) in [5, 5.41) is 19.6. The van der Waals surface area contributed by atoms with Crippen LogP contribution in [0.25, 0.3) is 0 Å². The van der Waals surface area contributed by atoms with Gasteiger partial charge in [-0.2, -0.15) is 0 Å². The maximum Gasteiger partial charge on any atom is 0.141 e. The minimum Gasteiger partial charge on any atom is -0.395 e. The van der Waals surface area contributed by atoms with Crippen LogP contribution in [0.1, 0.15) is 44.4 Å². The number of halogens is 1. The predicted octanol–water partition coefficient (Wildman–Crippen LogP) is 2.13. The first-order valence-corrected chi connectivity index (χ1v) is 7.76. The largest absolute Gasteiger partial charge is 0.395 e. The zero-order valence-corrected chi connectivity index (χ0v) is 12.6. The van der Waals surface area contributed by atoms with Gasteiger partial charge in [0.2, 0.25) is 0 Å². The van der Waals surface area contributed by atoms with Gasteiger partial charge in [0.25, 0.3) is 0 Å². The van der Waals surface area contributed by atoms with Crippen molar-refractivity contribution in [3.05, 3.63) is 29.8 Å². The van der Waals surface area contributed by atoms with E-state index in [1.54, 1.807) is 0 Å². The van der Waals surface area contributed by atoms with Crippen LogP contribution in [0.4, 0.5) is 4.39 Å². The Morgan fingerprint density at radius 3 is 2.67 bits per heavy atom. The zero-order valence-electron chi connectivity index (χ0n) is 12.6. The number of aromatic nitrogens is 1. The molecular weight excluding hydrogens is 271 g/mol. The summed E-state index contributed by atoms with van der Waals surface area (Å²) in [7, 11) is 0. The molecule has 4 nitrogen and oxygen atoms in total. The van der Waals surface area contributed by atoms with Gasteiger partial charge in [0.1, 0.15) is 5.82 Å². The van der Waals surface area contributed by atoms with Crippen molar-refractivity contribution in [2.24, 2.45) is 5.92 Å². The van der Waals surface area contributed by atoms with Gasteiger partial charge in [0.15, 0.2) is 0 Å². The highest BCUT2D eigenvalue weighted by Crippen LogP contribution is 2.27. The molecule has 0 bridgehead atoms. The fourth-order valence-electron chi connectivity index (χ4n) is 3.14. The van der Waals surface area contributed by atoms with E-state index in [9.17, 15) is 14.6 Å². The Kier molecular flexibility index (Phi) is 6.08. The fraction of sp³-hybridized carbons (Fsp3) is 0.688. The Morgan fingerprint density at radius 2 is 2.10 bits per heavy atom. The van der Waals surface area contributed by atoms with E-state index < -0.39 is 11.9 Å². The number of aliphatic hydroxyl groups excluding tert-OH is 2. The lowest BCUT2D eigenvalue weighted by atomic mass is 9.99. The fourth-order valence-corrected chi connectivity index (χ4v) is 3.14. The highest BCUT2D eigenvalue weighted by atomic mass is 19.1. The Hall–Kier alpha value is -1.04. The molecule has 1 aliphatic carbocycles. The van der Waals surface area contributed by atoms with Gasteiger partial charge in [-0.3, -0.25) is 9.88 Å².